The monoisotopic (exact) mass is 369 g/mol. The van der Waals surface area contributed by atoms with Crippen LogP contribution < -0.4 is 5.32 Å². The van der Waals surface area contributed by atoms with Gasteiger partial charge in [0.1, 0.15) is 11.4 Å². The van der Waals surface area contributed by atoms with Crippen molar-refractivity contribution >= 4 is 5.91 Å². The summed E-state index contributed by atoms with van der Waals surface area (Å²) in [5.41, 5.74) is 0.367. The first-order valence-electron chi connectivity index (χ1n) is 8.31. The second-order valence-corrected chi connectivity index (χ2v) is 6.43. The maximum atomic E-state index is 13.0. The topological polar surface area (TPSA) is 67.2 Å². The minimum absolute atomic E-state index is 0.0650. The van der Waals surface area contributed by atoms with Crippen molar-refractivity contribution in [1.82, 2.24) is 15.1 Å². The Morgan fingerprint density at radius 1 is 1.35 bits per heavy atom. The fourth-order valence-electron chi connectivity index (χ4n) is 2.62. The summed E-state index contributed by atoms with van der Waals surface area (Å²) in [6.07, 6.45) is -3.73. The van der Waals surface area contributed by atoms with Crippen molar-refractivity contribution in [2.75, 3.05) is 6.54 Å². The highest BCUT2D eigenvalue weighted by atomic mass is 19.4. The Balaban J connectivity index is 1.81. The van der Waals surface area contributed by atoms with Crippen molar-refractivity contribution in [2.45, 2.75) is 39.4 Å². The minimum atomic E-state index is -4.45. The Morgan fingerprint density at radius 2 is 2.08 bits per heavy atom. The van der Waals surface area contributed by atoms with E-state index in [1.165, 1.54) is 6.92 Å². The molecule has 1 heterocycles. The zero-order valence-electron chi connectivity index (χ0n) is 14.7. The van der Waals surface area contributed by atoms with Crippen LogP contribution >= 0.6 is 0 Å². The molecule has 0 bridgehead atoms. The molecule has 0 saturated carbocycles. The number of nitrogens with one attached hydrogen (secondary N) is 1. The molecule has 0 aliphatic heterocycles. The van der Waals surface area contributed by atoms with Crippen molar-refractivity contribution in [3.8, 4) is 5.75 Å². The third-order valence-electron chi connectivity index (χ3n) is 3.88. The average Bonchev–Trinajstić information content (AvgIpc) is 2.91. The van der Waals surface area contributed by atoms with E-state index in [1.807, 2.05) is 6.07 Å². The number of phenolic OH excluding ortho intramolecular Hbond substituents is 1. The molecule has 5 nitrogen and oxygen atoms in total. The summed E-state index contributed by atoms with van der Waals surface area (Å²) < 4.78 is 39.8. The molecule has 1 aromatic carbocycles. The maximum absolute atomic E-state index is 13.0. The second kappa shape index (κ2) is 8.25. The Morgan fingerprint density at radius 3 is 2.73 bits per heavy atom. The average molecular weight is 369 g/mol. The third-order valence-corrected chi connectivity index (χ3v) is 3.88. The zero-order chi connectivity index (χ0) is 19.3. The lowest BCUT2D eigenvalue weighted by molar-refractivity contribution is -0.144. The van der Waals surface area contributed by atoms with E-state index < -0.39 is 11.9 Å². The first-order valence-corrected chi connectivity index (χ1v) is 8.31. The number of aromatic nitrogens is 2. The molecule has 0 aliphatic rings. The summed E-state index contributed by atoms with van der Waals surface area (Å²) >= 11 is 0. The smallest absolute Gasteiger partial charge is 0.433 e. The minimum Gasteiger partial charge on any atom is -0.508 e. The van der Waals surface area contributed by atoms with Gasteiger partial charge in [-0.15, -0.1) is 0 Å². The summed E-state index contributed by atoms with van der Waals surface area (Å²) in [5.74, 6) is -0.250. The van der Waals surface area contributed by atoms with Gasteiger partial charge in [0.25, 0.3) is 0 Å². The lowest BCUT2D eigenvalue weighted by Crippen LogP contribution is -2.31. The van der Waals surface area contributed by atoms with Gasteiger partial charge >= 0.3 is 6.18 Å². The highest BCUT2D eigenvalue weighted by Crippen LogP contribution is 2.30. The number of hydrogen-bond donors (Lipinski definition) is 2. The van der Waals surface area contributed by atoms with E-state index in [0.29, 0.717) is 12.1 Å². The van der Waals surface area contributed by atoms with Crippen LogP contribution in [0, 0.1) is 12.8 Å². The normalized spacial score (nSPS) is 12.8. The van der Waals surface area contributed by atoms with Gasteiger partial charge in [0.2, 0.25) is 5.91 Å². The fraction of sp³-hybridized carbons (Fsp3) is 0.444. The standard InChI is InChI=1S/C18H22F3N3O2/c1-12(11-24-16(18(19,20)21)8-13(2)23-24)10-22-17(26)7-6-14-4-3-5-15(25)9-14/h3-5,8-9,12,25H,6-7,10-11H2,1-2H3,(H,22,26)/t12-/m1/s1. The molecule has 2 N–H and O–H groups in total. The van der Waals surface area contributed by atoms with E-state index in [2.05, 4.69) is 10.4 Å². The molecule has 2 aromatic rings. The van der Waals surface area contributed by atoms with Crippen LogP contribution in [0.4, 0.5) is 13.2 Å². The summed E-state index contributed by atoms with van der Waals surface area (Å²) in [6.45, 7) is 3.59. The van der Waals surface area contributed by atoms with Crippen LogP contribution in [-0.2, 0) is 23.9 Å². The first-order chi connectivity index (χ1) is 12.1. The summed E-state index contributed by atoms with van der Waals surface area (Å²) in [4.78, 5) is 11.9. The molecular formula is C18H22F3N3O2. The lowest BCUT2D eigenvalue weighted by atomic mass is 10.1. The molecule has 0 saturated heterocycles. The molecule has 1 atom stereocenters. The van der Waals surface area contributed by atoms with E-state index in [4.69, 9.17) is 0 Å². The molecule has 0 aliphatic carbocycles. The third kappa shape index (κ3) is 5.79. The number of alkyl halides is 3. The lowest BCUT2D eigenvalue weighted by Gasteiger charge is -2.16. The Hall–Kier alpha value is -2.51. The molecule has 0 unspecified atom stereocenters. The van der Waals surface area contributed by atoms with Gasteiger partial charge in [0, 0.05) is 19.5 Å². The van der Waals surface area contributed by atoms with Gasteiger partial charge in [-0.05, 0) is 43.0 Å². The number of aryl methyl sites for hydroxylation is 2. The number of amides is 1. The van der Waals surface area contributed by atoms with E-state index >= 15 is 0 Å². The van der Waals surface area contributed by atoms with Gasteiger partial charge in [-0.3, -0.25) is 9.48 Å². The number of halogens is 3. The molecule has 142 valence electrons. The van der Waals surface area contributed by atoms with Crippen molar-refractivity contribution in [3.63, 3.8) is 0 Å². The number of benzene rings is 1. The number of carbonyl (C=O) groups excluding carboxylic acids is 1. The SMILES string of the molecule is Cc1cc(C(F)(F)F)n(C[C@H](C)CNC(=O)CCc2cccc(O)c2)n1. The van der Waals surface area contributed by atoms with Gasteiger partial charge in [-0.25, -0.2) is 0 Å². The van der Waals surface area contributed by atoms with Crippen molar-refractivity contribution in [3.05, 3.63) is 47.3 Å². The summed E-state index contributed by atoms with van der Waals surface area (Å²) in [7, 11) is 0. The molecule has 0 fully saturated rings. The molecule has 0 spiro atoms. The van der Waals surface area contributed by atoms with Crippen LogP contribution in [-0.4, -0.2) is 27.3 Å². The number of hydrogen-bond acceptors (Lipinski definition) is 3. The van der Waals surface area contributed by atoms with E-state index in [1.54, 1.807) is 25.1 Å². The maximum Gasteiger partial charge on any atom is 0.433 e. The molecule has 26 heavy (non-hydrogen) atoms. The number of phenols is 1. The van der Waals surface area contributed by atoms with Gasteiger partial charge in [0.15, 0.2) is 0 Å². The number of aromatic hydroxyl groups is 1. The van der Waals surface area contributed by atoms with E-state index in [-0.39, 0.29) is 37.1 Å². The quantitative estimate of drug-likeness (QED) is 0.787. The van der Waals surface area contributed by atoms with Crippen LogP contribution in [0.15, 0.2) is 30.3 Å². The van der Waals surface area contributed by atoms with Gasteiger partial charge < -0.3 is 10.4 Å². The van der Waals surface area contributed by atoms with Crippen molar-refractivity contribution in [1.29, 1.82) is 0 Å². The van der Waals surface area contributed by atoms with Crippen LogP contribution in [0.5, 0.6) is 5.75 Å². The van der Waals surface area contributed by atoms with Crippen LogP contribution in [0.3, 0.4) is 0 Å². The van der Waals surface area contributed by atoms with E-state index in [9.17, 15) is 23.1 Å². The van der Waals surface area contributed by atoms with Crippen molar-refractivity contribution in [2.24, 2.45) is 5.92 Å². The summed E-state index contributed by atoms with van der Waals surface area (Å²) in [6, 6.07) is 7.68. The van der Waals surface area contributed by atoms with Crippen LogP contribution in [0.25, 0.3) is 0 Å². The molecule has 1 amide bonds. The molecule has 2 rings (SSSR count). The second-order valence-electron chi connectivity index (χ2n) is 6.43. The predicted octanol–water partition coefficient (Wildman–Crippen LogP) is 3.30. The zero-order valence-corrected chi connectivity index (χ0v) is 14.7. The van der Waals surface area contributed by atoms with E-state index in [0.717, 1.165) is 16.3 Å². The van der Waals surface area contributed by atoms with Gasteiger partial charge in [0.05, 0.1) is 5.69 Å². The van der Waals surface area contributed by atoms with Crippen LogP contribution in [0.2, 0.25) is 0 Å². The number of nitrogens with zero attached hydrogens (tertiary/aromatic N) is 2. The number of carbonyl (C=O) groups is 1. The molecule has 8 heteroatoms. The highest BCUT2D eigenvalue weighted by Gasteiger charge is 2.35. The molecule has 0 radical (unpaired) electrons. The molecular weight excluding hydrogens is 347 g/mol. The van der Waals surface area contributed by atoms with Crippen molar-refractivity contribution < 1.29 is 23.1 Å². The van der Waals surface area contributed by atoms with Crippen LogP contribution in [0.1, 0.15) is 30.3 Å². The summed E-state index contributed by atoms with van der Waals surface area (Å²) in [5, 5.41) is 16.0. The first kappa shape index (κ1) is 19.8. The molecule has 1 aromatic heterocycles. The Labute approximate surface area is 149 Å². The predicted molar refractivity (Wildman–Crippen MR) is 90.6 cm³/mol. The van der Waals surface area contributed by atoms with Gasteiger partial charge in [-0.1, -0.05) is 19.1 Å². The Kier molecular flexibility index (Phi) is 6.28. The highest BCUT2D eigenvalue weighted by molar-refractivity contribution is 5.76. The van der Waals surface area contributed by atoms with Gasteiger partial charge in [-0.2, -0.15) is 18.3 Å². The number of rotatable bonds is 7. The largest absolute Gasteiger partial charge is 0.508 e. The fourth-order valence-corrected chi connectivity index (χ4v) is 2.62. The Bertz CT molecular complexity index is 756.